The van der Waals surface area contributed by atoms with Gasteiger partial charge in [-0.2, -0.15) is 4.98 Å². The van der Waals surface area contributed by atoms with E-state index in [9.17, 15) is 4.39 Å². The van der Waals surface area contributed by atoms with Gasteiger partial charge in [0.25, 0.3) is 0 Å². The molecule has 0 aliphatic rings. The zero-order chi connectivity index (χ0) is 13.0. The molecule has 1 heterocycles. The van der Waals surface area contributed by atoms with E-state index < -0.39 is 0 Å². The lowest BCUT2D eigenvalue weighted by Crippen LogP contribution is -2.04. The maximum atomic E-state index is 13.4. The number of rotatable bonds is 4. The fourth-order valence-electron chi connectivity index (χ4n) is 1.55. The highest BCUT2D eigenvalue weighted by molar-refractivity contribution is 5.60. The molecule has 2 aromatic rings. The third-order valence-corrected chi connectivity index (χ3v) is 2.52. The molecule has 1 aromatic heterocycles. The quantitative estimate of drug-likeness (QED) is 0.870. The van der Waals surface area contributed by atoms with Crippen LogP contribution in [-0.4, -0.2) is 16.5 Å². The summed E-state index contributed by atoms with van der Waals surface area (Å²) in [5, 5.41) is 6.10. The highest BCUT2D eigenvalue weighted by Crippen LogP contribution is 2.21. The lowest BCUT2D eigenvalue weighted by molar-refractivity contribution is 0.619. The van der Waals surface area contributed by atoms with Crippen molar-refractivity contribution in [3.63, 3.8) is 0 Å². The minimum Gasteiger partial charge on any atom is -0.354 e. The molecule has 4 nitrogen and oxygen atoms in total. The standard InChI is InChI=1S/C13H15FN4/c1-3-15-13-16-8-7-12(18-13)17-11-6-4-5-10(14)9(11)2/h4-8H,3H2,1-2H3,(H2,15,16,17,18). The smallest absolute Gasteiger partial charge is 0.224 e. The summed E-state index contributed by atoms with van der Waals surface area (Å²) < 4.78 is 13.4. The van der Waals surface area contributed by atoms with Gasteiger partial charge in [0.1, 0.15) is 11.6 Å². The van der Waals surface area contributed by atoms with E-state index in [1.54, 1.807) is 25.3 Å². The predicted octanol–water partition coefficient (Wildman–Crippen LogP) is 3.10. The van der Waals surface area contributed by atoms with Gasteiger partial charge in [-0.1, -0.05) is 6.07 Å². The summed E-state index contributed by atoms with van der Waals surface area (Å²) in [6.45, 7) is 4.45. The van der Waals surface area contributed by atoms with Gasteiger partial charge in [0, 0.05) is 24.0 Å². The molecule has 0 aliphatic carbocycles. The summed E-state index contributed by atoms with van der Waals surface area (Å²) in [5.74, 6) is 0.951. The van der Waals surface area contributed by atoms with Crippen LogP contribution in [0.5, 0.6) is 0 Å². The molecule has 1 aromatic carbocycles. The molecule has 0 spiro atoms. The Bertz CT molecular complexity index is 542. The Balaban J connectivity index is 2.23. The van der Waals surface area contributed by atoms with Gasteiger partial charge >= 0.3 is 0 Å². The molecular formula is C13H15FN4. The van der Waals surface area contributed by atoms with Gasteiger partial charge in [0.15, 0.2) is 0 Å². The summed E-state index contributed by atoms with van der Waals surface area (Å²) in [4.78, 5) is 8.35. The maximum absolute atomic E-state index is 13.4. The summed E-state index contributed by atoms with van der Waals surface area (Å²) in [7, 11) is 0. The van der Waals surface area contributed by atoms with Gasteiger partial charge in [-0.05, 0) is 32.0 Å². The summed E-state index contributed by atoms with van der Waals surface area (Å²) in [6, 6.07) is 6.65. The Morgan fingerprint density at radius 3 is 2.89 bits per heavy atom. The second-order valence-corrected chi connectivity index (χ2v) is 3.83. The third kappa shape index (κ3) is 2.74. The molecule has 0 amide bonds. The molecule has 5 heteroatoms. The van der Waals surface area contributed by atoms with Gasteiger partial charge in [-0.25, -0.2) is 9.37 Å². The maximum Gasteiger partial charge on any atom is 0.224 e. The summed E-state index contributed by atoms with van der Waals surface area (Å²) in [5.41, 5.74) is 1.28. The Hall–Kier alpha value is -2.17. The second-order valence-electron chi connectivity index (χ2n) is 3.83. The Labute approximate surface area is 105 Å². The predicted molar refractivity (Wildman–Crippen MR) is 70.6 cm³/mol. The summed E-state index contributed by atoms with van der Waals surface area (Å²) in [6.07, 6.45) is 1.65. The molecule has 0 fully saturated rings. The Morgan fingerprint density at radius 2 is 2.11 bits per heavy atom. The molecule has 0 saturated carbocycles. The van der Waals surface area contributed by atoms with Gasteiger partial charge in [0.05, 0.1) is 0 Å². The van der Waals surface area contributed by atoms with E-state index in [0.29, 0.717) is 23.0 Å². The molecule has 0 aliphatic heterocycles. The first kappa shape index (κ1) is 12.3. The van der Waals surface area contributed by atoms with Crippen molar-refractivity contribution >= 4 is 17.5 Å². The number of anilines is 3. The lowest BCUT2D eigenvalue weighted by atomic mass is 10.2. The van der Waals surface area contributed by atoms with Crippen molar-refractivity contribution in [1.82, 2.24) is 9.97 Å². The van der Waals surface area contributed by atoms with Crippen molar-refractivity contribution in [2.24, 2.45) is 0 Å². The molecule has 0 atom stereocenters. The molecule has 2 N–H and O–H groups in total. The van der Waals surface area contributed by atoms with Gasteiger partial charge in [0.2, 0.25) is 5.95 Å². The first-order valence-electron chi connectivity index (χ1n) is 5.79. The number of benzene rings is 1. The van der Waals surface area contributed by atoms with Gasteiger partial charge < -0.3 is 10.6 Å². The van der Waals surface area contributed by atoms with Crippen LogP contribution in [0.15, 0.2) is 30.5 Å². The van der Waals surface area contributed by atoms with Crippen molar-refractivity contribution in [2.45, 2.75) is 13.8 Å². The van der Waals surface area contributed by atoms with Crippen LogP contribution in [-0.2, 0) is 0 Å². The van der Waals surface area contributed by atoms with Crippen LogP contribution in [0.4, 0.5) is 21.8 Å². The molecular weight excluding hydrogens is 231 g/mol. The van der Waals surface area contributed by atoms with E-state index in [2.05, 4.69) is 20.6 Å². The van der Waals surface area contributed by atoms with Crippen LogP contribution < -0.4 is 10.6 Å². The van der Waals surface area contributed by atoms with Crippen molar-refractivity contribution in [2.75, 3.05) is 17.2 Å². The lowest BCUT2D eigenvalue weighted by Gasteiger charge is -2.10. The molecule has 0 unspecified atom stereocenters. The fourth-order valence-corrected chi connectivity index (χ4v) is 1.55. The number of halogens is 1. The summed E-state index contributed by atoms with van der Waals surface area (Å²) >= 11 is 0. The van der Waals surface area contributed by atoms with Crippen molar-refractivity contribution in [1.29, 1.82) is 0 Å². The van der Waals surface area contributed by atoms with Crippen LogP contribution in [0.1, 0.15) is 12.5 Å². The molecule has 0 bridgehead atoms. The highest BCUT2D eigenvalue weighted by atomic mass is 19.1. The highest BCUT2D eigenvalue weighted by Gasteiger charge is 2.04. The monoisotopic (exact) mass is 246 g/mol. The van der Waals surface area contributed by atoms with E-state index in [0.717, 1.165) is 6.54 Å². The average Bonchev–Trinajstić information content (AvgIpc) is 2.36. The number of nitrogens with one attached hydrogen (secondary N) is 2. The first-order valence-corrected chi connectivity index (χ1v) is 5.79. The van der Waals surface area contributed by atoms with Crippen LogP contribution in [0.3, 0.4) is 0 Å². The second kappa shape index (κ2) is 5.44. The fraction of sp³-hybridized carbons (Fsp3) is 0.231. The van der Waals surface area contributed by atoms with Crippen molar-refractivity contribution < 1.29 is 4.39 Å². The number of aromatic nitrogens is 2. The topological polar surface area (TPSA) is 49.8 Å². The minimum atomic E-state index is -0.235. The van der Waals surface area contributed by atoms with Gasteiger partial charge in [-0.3, -0.25) is 0 Å². The van der Waals surface area contributed by atoms with E-state index >= 15 is 0 Å². The largest absolute Gasteiger partial charge is 0.354 e. The first-order chi connectivity index (χ1) is 8.70. The molecule has 18 heavy (non-hydrogen) atoms. The van der Waals surface area contributed by atoms with Crippen LogP contribution >= 0.6 is 0 Å². The van der Waals surface area contributed by atoms with Crippen LogP contribution in [0.25, 0.3) is 0 Å². The third-order valence-electron chi connectivity index (χ3n) is 2.52. The number of nitrogens with zero attached hydrogens (tertiary/aromatic N) is 2. The van der Waals surface area contributed by atoms with E-state index in [1.807, 2.05) is 13.0 Å². The SMILES string of the molecule is CCNc1nccc(Nc2cccc(F)c2C)n1. The van der Waals surface area contributed by atoms with E-state index in [4.69, 9.17) is 0 Å². The van der Waals surface area contributed by atoms with Crippen molar-refractivity contribution in [3.05, 3.63) is 41.8 Å². The molecule has 94 valence electrons. The number of hydrogen-bond donors (Lipinski definition) is 2. The minimum absolute atomic E-state index is 0.235. The van der Waals surface area contributed by atoms with Crippen LogP contribution in [0.2, 0.25) is 0 Å². The Kier molecular flexibility index (Phi) is 3.72. The van der Waals surface area contributed by atoms with Crippen molar-refractivity contribution in [3.8, 4) is 0 Å². The Morgan fingerprint density at radius 1 is 1.28 bits per heavy atom. The van der Waals surface area contributed by atoms with Gasteiger partial charge in [-0.15, -0.1) is 0 Å². The van der Waals surface area contributed by atoms with E-state index in [-0.39, 0.29) is 5.82 Å². The zero-order valence-electron chi connectivity index (χ0n) is 10.4. The van der Waals surface area contributed by atoms with E-state index in [1.165, 1.54) is 6.07 Å². The average molecular weight is 246 g/mol. The normalized spacial score (nSPS) is 10.2. The number of hydrogen-bond acceptors (Lipinski definition) is 4. The molecule has 2 rings (SSSR count). The molecule has 0 radical (unpaired) electrons. The molecule has 0 saturated heterocycles. The van der Waals surface area contributed by atoms with Crippen LogP contribution in [0, 0.1) is 12.7 Å². The zero-order valence-corrected chi connectivity index (χ0v) is 10.4.